The zero-order valence-corrected chi connectivity index (χ0v) is 11.2. The van der Waals surface area contributed by atoms with Crippen molar-refractivity contribution in [1.82, 2.24) is 5.32 Å². The van der Waals surface area contributed by atoms with Crippen LogP contribution < -0.4 is 14.8 Å². The lowest BCUT2D eigenvalue weighted by atomic mass is 10.1. The molecule has 0 fully saturated rings. The average Bonchev–Trinajstić information content (AvgIpc) is 2.46. The number of carbonyl (C=O) groups excluding carboxylic acids is 1. The lowest BCUT2D eigenvalue weighted by molar-refractivity contribution is -0.139. The molecule has 0 spiro atoms. The first-order valence-corrected chi connectivity index (χ1v) is 6.55. The average molecular weight is 279 g/mol. The molecular weight excluding hydrogens is 262 g/mol. The van der Waals surface area contributed by atoms with Gasteiger partial charge in [-0.25, -0.2) is 4.79 Å². The fourth-order valence-electron chi connectivity index (χ4n) is 2.03. The molecule has 0 radical (unpaired) electrons. The number of carboxylic acid groups (broad SMARTS) is 1. The number of rotatable bonds is 5. The van der Waals surface area contributed by atoms with Crippen LogP contribution in [0.25, 0.3) is 0 Å². The zero-order chi connectivity index (χ0) is 14.5. The monoisotopic (exact) mass is 279 g/mol. The molecular formula is C14H17NO5. The van der Waals surface area contributed by atoms with Gasteiger partial charge in [0.05, 0.1) is 5.56 Å². The van der Waals surface area contributed by atoms with Gasteiger partial charge in [-0.1, -0.05) is 19.4 Å². The molecule has 1 atom stereocenters. The topological polar surface area (TPSA) is 84.9 Å². The highest BCUT2D eigenvalue weighted by Gasteiger charge is 2.24. The summed E-state index contributed by atoms with van der Waals surface area (Å²) in [5.74, 6) is -0.626. The third-order valence-corrected chi connectivity index (χ3v) is 2.99. The first kappa shape index (κ1) is 14.2. The van der Waals surface area contributed by atoms with E-state index >= 15 is 0 Å². The molecule has 20 heavy (non-hydrogen) atoms. The zero-order valence-electron chi connectivity index (χ0n) is 11.2. The van der Waals surface area contributed by atoms with Crippen LogP contribution in [0.5, 0.6) is 11.5 Å². The van der Waals surface area contributed by atoms with Crippen molar-refractivity contribution < 1.29 is 24.2 Å². The maximum Gasteiger partial charge on any atom is 0.326 e. The van der Waals surface area contributed by atoms with Crippen molar-refractivity contribution in [1.29, 1.82) is 0 Å². The minimum atomic E-state index is -1.04. The van der Waals surface area contributed by atoms with Crippen molar-refractivity contribution in [2.24, 2.45) is 0 Å². The molecule has 1 aliphatic heterocycles. The smallest absolute Gasteiger partial charge is 0.326 e. The molecule has 1 aromatic carbocycles. The van der Waals surface area contributed by atoms with E-state index in [9.17, 15) is 9.59 Å². The molecule has 0 saturated carbocycles. The molecule has 0 saturated heterocycles. The summed E-state index contributed by atoms with van der Waals surface area (Å²) in [6.07, 6.45) is 1.05. The summed E-state index contributed by atoms with van der Waals surface area (Å²) in [6, 6.07) is 4.09. The minimum absolute atomic E-state index is 0.296. The second-order valence-corrected chi connectivity index (χ2v) is 4.48. The molecule has 2 rings (SSSR count). The largest absolute Gasteiger partial charge is 0.486 e. The maximum absolute atomic E-state index is 12.2. The Morgan fingerprint density at radius 2 is 2.10 bits per heavy atom. The van der Waals surface area contributed by atoms with Gasteiger partial charge in [-0.3, -0.25) is 4.79 Å². The third-order valence-electron chi connectivity index (χ3n) is 2.99. The number of benzene rings is 1. The van der Waals surface area contributed by atoms with Crippen molar-refractivity contribution in [3.63, 3.8) is 0 Å². The van der Waals surface area contributed by atoms with E-state index in [4.69, 9.17) is 14.6 Å². The number of carbonyl (C=O) groups is 2. The number of para-hydroxylation sites is 1. The SMILES string of the molecule is CCC[C@@H](NC(=O)c1cccc2c1OCCO2)C(=O)O. The lowest BCUT2D eigenvalue weighted by Gasteiger charge is -2.21. The van der Waals surface area contributed by atoms with Gasteiger partial charge in [0.2, 0.25) is 0 Å². The fourth-order valence-corrected chi connectivity index (χ4v) is 2.03. The van der Waals surface area contributed by atoms with Crippen molar-refractivity contribution >= 4 is 11.9 Å². The van der Waals surface area contributed by atoms with Gasteiger partial charge in [0, 0.05) is 0 Å². The predicted molar refractivity (Wildman–Crippen MR) is 71.2 cm³/mol. The number of hydrogen-bond acceptors (Lipinski definition) is 4. The standard InChI is InChI=1S/C14H17NO5/c1-2-4-10(14(17)18)15-13(16)9-5-3-6-11-12(9)20-8-7-19-11/h3,5-6,10H,2,4,7-8H2,1H3,(H,15,16)(H,17,18)/t10-/m1/s1. The quantitative estimate of drug-likeness (QED) is 0.852. The molecule has 1 amide bonds. The van der Waals surface area contributed by atoms with E-state index < -0.39 is 17.9 Å². The van der Waals surface area contributed by atoms with Crippen LogP contribution in [0.3, 0.4) is 0 Å². The van der Waals surface area contributed by atoms with E-state index in [0.29, 0.717) is 43.1 Å². The first-order valence-electron chi connectivity index (χ1n) is 6.55. The Labute approximate surface area is 116 Å². The Balaban J connectivity index is 2.19. The Morgan fingerprint density at radius 3 is 2.80 bits per heavy atom. The lowest BCUT2D eigenvalue weighted by Crippen LogP contribution is -2.40. The van der Waals surface area contributed by atoms with E-state index in [1.807, 2.05) is 6.92 Å². The van der Waals surface area contributed by atoms with E-state index in [2.05, 4.69) is 5.32 Å². The van der Waals surface area contributed by atoms with E-state index in [-0.39, 0.29) is 0 Å². The summed E-state index contributed by atoms with van der Waals surface area (Å²) in [4.78, 5) is 23.3. The summed E-state index contributed by atoms with van der Waals surface area (Å²) >= 11 is 0. The van der Waals surface area contributed by atoms with E-state index in [0.717, 1.165) is 0 Å². The molecule has 108 valence electrons. The van der Waals surface area contributed by atoms with Gasteiger partial charge in [0.1, 0.15) is 19.3 Å². The summed E-state index contributed by atoms with van der Waals surface area (Å²) in [6.45, 7) is 2.67. The second kappa shape index (κ2) is 6.27. The highest BCUT2D eigenvalue weighted by atomic mass is 16.6. The summed E-state index contributed by atoms with van der Waals surface area (Å²) in [7, 11) is 0. The molecule has 6 heteroatoms. The van der Waals surface area contributed by atoms with Gasteiger partial charge in [-0.15, -0.1) is 0 Å². The molecule has 1 aliphatic rings. The molecule has 6 nitrogen and oxygen atoms in total. The summed E-state index contributed by atoms with van der Waals surface area (Å²) < 4.78 is 10.8. The van der Waals surface area contributed by atoms with Crippen LogP contribution in [-0.4, -0.2) is 36.2 Å². The normalized spacial score (nSPS) is 14.4. The third kappa shape index (κ3) is 3.01. The van der Waals surface area contributed by atoms with Crippen molar-refractivity contribution in [2.45, 2.75) is 25.8 Å². The highest BCUT2D eigenvalue weighted by molar-refractivity contribution is 5.99. The minimum Gasteiger partial charge on any atom is -0.486 e. The van der Waals surface area contributed by atoms with Crippen molar-refractivity contribution in [2.75, 3.05) is 13.2 Å². The van der Waals surface area contributed by atoms with Gasteiger partial charge < -0.3 is 19.9 Å². The number of hydrogen-bond donors (Lipinski definition) is 2. The van der Waals surface area contributed by atoms with Crippen LogP contribution in [0.4, 0.5) is 0 Å². The van der Waals surface area contributed by atoms with Crippen molar-refractivity contribution in [3.8, 4) is 11.5 Å². The number of nitrogens with one attached hydrogen (secondary N) is 1. The number of aliphatic carboxylic acids is 1. The highest BCUT2D eigenvalue weighted by Crippen LogP contribution is 2.33. The molecule has 0 bridgehead atoms. The van der Waals surface area contributed by atoms with Crippen LogP contribution in [-0.2, 0) is 4.79 Å². The van der Waals surface area contributed by atoms with Gasteiger partial charge in [-0.05, 0) is 18.6 Å². The maximum atomic E-state index is 12.2. The van der Waals surface area contributed by atoms with Crippen LogP contribution in [0, 0.1) is 0 Å². The number of fused-ring (bicyclic) bond motifs is 1. The Morgan fingerprint density at radius 1 is 1.35 bits per heavy atom. The summed E-state index contributed by atoms with van der Waals surface area (Å²) in [5.41, 5.74) is 0.296. The summed E-state index contributed by atoms with van der Waals surface area (Å²) in [5, 5.41) is 11.6. The number of ether oxygens (including phenoxy) is 2. The number of amides is 1. The van der Waals surface area contributed by atoms with E-state index in [1.165, 1.54) is 0 Å². The van der Waals surface area contributed by atoms with Crippen LogP contribution in [0.2, 0.25) is 0 Å². The molecule has 2 N–H and O–H groups in total. The van der Waals surface area contributed by atoms with Gasteiger partial charge in [0.15, 0.2) is 11.5 Å². The van der Waals surface area contributed by atoms with Gasteiger partial charge in [0.25, 0.3) is 5.91 Å². The van der Waals surface area contributed by atoms with Crippen LogP contribution in [0.1, 0.15) is 30.1 Å². The van der Waals surface area contributed by atoms with Crippen LogP contribution >= 0.6 is 0 Å². The van der Waals surface area contributed by atoms with E-state index in [1.54, 1.807) is 18.2 Å². The first-order chi connectivity index (χ1) is 9.63. The Bertz CT molecular complexity index is 514. The molecule has 0 aromatic heterocycles. The molecule has 0 unspecified atom stereocenters. The van der Waals surface area contributed by atoms with Crippen molar-refractivity contribution in [3.05, 3.63) is 23.8 Å². The number of carboxylic acids is 1. The Kier molecular flexibility index (Phi) is 4.45. The molecule has 0 aliphatic carbocycles. The Hall–Kier alpha value is -2.24. The predicted octanol–water partition coefficient (Wildman–Crippen LogP) is 1.44. The van der Waals surface area contributed by atoms with Gasteiger partial charge in [-0.2, -0.15) is 0 Å². The van der Waals surface area contributed by atoms with Gasteiger partial charge >= 0.3 is 5.97 Å². The van der Waals surface area contributed by atoms with Crippen LogP contribution in [0.15, 0.2) is 18.2 Å². The molecule has 1 heterocycles. The molecule has 1 aromatic rings. The fraction of sp³-hybridized carbons (Fsp3) is 0.429. The second-order valence-electron chi connectivity index (χ2n) is 4.48.